The average Bonchev–Trinajstić information content (AvgIpc) is 2.61. The minimum Gasteiger partial charge on any atom is -0.252 e. The first-order valence-electron chi connectivity index (χ1n) is 3.61. The Bertz CT molecular complexity index is 412. The van der Waals surface area contributed by atoms with Crippen LogP contribution in [0.1, 0.15) is 0 Å². The van der Waals surface area contributed by atoms with Gasteiger partial charge in [-0.05, 0) is 18.2 Å². The molecule has 1 nitrogen and oxygen atoms in total. The van der Waals surface area contributed by atoms with Gasteiger partial charge in [0, 0.05) is 11.8 Å². The summed E-state index contributed by atoms with van der Waals surface area (Å²) in [5, 5.41) is 0. The minimum absolute atomic E-state index is 0.266. The van der Waals surface area contributed by atoms with Crippen LogP contribution >= 0.6 is 11.3 Å². The molecular formula is C9H5F2NS. The van der Waals surface area contributed by atoms with Gasteiger partial charge in [-0.25, -0.2) is 8.78 Å². The molecule has 2 aromatic rings. The molecule has 4 heteroatoms. The van der Waals surface area contributed by atoms with Gasteiger partial charge in [0.05, 0.1) is 10.4 Å². The zero-order valence-corrected chi connectivity index (χ0v) is 7.31. The van der Waals surface area contributed by atoms with Crippen molar-refractivity contribution in [2.45, 2.75) is 0 Å². The predicted octanol–water partition coefficient (Wildman–Crippen LogP) is 3.09. The van der Waals surface area contributed by atoms with Crippen LogP contribution in [0.4, 0.5) is 8.78 Å². The molecule has 2 rings (SSSR count). The molecule has 0 radical (unpaired) electrons. The normalized spacial score (nSPS) is 10.3. The summed E-state index contributed by atoms with van der Waals surface area (Å²) in [6.07, 6.45) is 1.52. The highest BCUT2D eigenvalue weighted by Gasteiger charge is 2.07. The molecule has 0 fully saturated rings. The van der Waals surface area contributed by atoms with Crippen molar-refractivity contribution in [3.05, 3.63) is 41.5 Å². The molecule has 0 amide bonds. The molecule has 66 valence electrons. The van der Waals surface area contributed by atoms with Gasteiger partial charge in [-0.3, -0.25) is 4.98 Å². The van der Waals surface area contributed by atoms with Crippen LogP contribution in [0, 0.1) is 11.6 Å². The van der Waals surface area contributed by atoms with E-state index in [0.717, 1.165) is 12.1 Å². The van der Waals surface area contributed by atoms with Crippen LogP contribution in [0.25, 0.3) is 10.4 Å². The van der Waals surface area contributed by atoms with Crippen molar-refractivity contribution >= 4 is 11.3 Å². The maximum absolute atomic E-state index is 13.1. The molecule has 0 aliphatic heterocycles. The lowest BCUT2D eigenvalue weighted by Gasteiger charge is -1.98. The molecule has 0 saturated carbocycles. The standard InChI is InChI=1S/C9H5F2NS/c10-6-1-2-8(11)7(3-6)9-4-12-5-13-9/h1-5H. The van der Waals surface area contributed by atoms with Gasteiger partial charge >= 0.3 is 0 Å². The maximum atomic E-state index is 13.1. The van der Waals surface area contributed by atoms with Gasteiger partial charge in [0.15, 0.2) is 0 Å². The molecule has 0 aliphatic carbocycles. The number of rotatable bonds is 1. The van der Waals surface area contributed by atoms with Gasteiger partial charge in [-0.2, -0.15) is 0 Å². The number of hydrogen-bond acceptors (Lipinski definition) is 2. The van der Waals surface area contributed by atoms with E-state index < -0.39 is 11.6 Å². The molecule has 1 heterocycles. The summed E-state index contributed by atoms with van der Waals surface area (Å²) < 4.78 is 25.9. The van der Waals surface area contributed by atoms with Crippen LogP contribution in [0.3, 0.4) is 0 Å². The summed E-state index contributed by atoms with van der Waals surface area (Å²) >= 11 is 1.28. The van der Waals surface area contributed by atoms with Gasteiger partial charge in [0.1, 0.15) is 11.6 Å². The van der Waals surface area contributed by atoms with Crippen LogP contribution in [-0.4, -0.2) is 4.98 Å². The average molecular weight is 197 g/mol. The second-order valence-corrected chi connectivity index (χ2v) is 3.38. The minimum atomic E-state index is -0.440. The topological polar surface area (TPSA) is 12.9 Å². The molecule has 0 N–H and O–H groups in total. The van der Waals surface area contributed by atoms with E-state index in [0.29, 0.717) is 4.88 Å². The Kier molecular flexibility index (Phi) is 2.06. The second-order valence-electron chi connectivity index (χ2n) is 2.49. The highest BCUT2D eigenvalue weighted by Crippen LogP contribution is 2.26. The van der Waals surface area contributed by atoms with E-state index in [-0.39, 0.29) is 5.56 Å². The lowest BCUT2D eigenvalue weighted by atomic mass is 10.2. The molecule has 1 aromatic heterocycles. The summed E-state index contributed by atoms with van der Waals surface area (Å²) in [5.41, 5.74) is 1.85. The first kappa shape index (κ1) is 8.31. The lowest BCUT2D eigenvalue weighted by Crippen LogP contribution is -1.83. The SMILES string of the molecule is Fc1ccc(F)c(-c2cncs2)c1. The molecule has 0 aliphatic rings. The Morgan fingerprint density at radius 2 is 2.08 bits per heavy atom. The molecule has 0 saturated heterocycles. The Labute approximate surface area is 77.7 Å². The summed E-state index contributed by atoms with van der Waals surface area (Å²) in [6.45, 7) is 0. The Morgan fingerprint density at radius 1 is 1.23 bits per heavy atom. The van der Waals surface area contributed by atoms with Gasteiger partial charge in [0.25, 0.3) is 0 Å². The molecule has 0 bridgehead atoms. The smallest absolute Gasteiger partial charge is 0.132 e. The molecule has 0 unspecified atom stereocenters. The Balaban J connectivity index is 2.57. The Morgan fingerprint density at radius 3 is 2.77 bits per heavy atom. The van der Waals surface area contributed by atoms with Crippen LogP contribution in [0.15, 0.2) is 29.9 Å². The molecule has 0 atom stereocenters. The number of thiazole rings is 1. The van der Waals surface area contributed by atoms with Crippen molar-refractivity contribution in [3.8, 4) is 10.4 Å². The van der Waals surface area contributed by atoms with E-state index in [1.807, 2.05) is 0 Å². The fraction of sp³-hybridized carbons (Fsp3) is 0. The van der Waals surface area contributed by atoms with E-state index in [2.05, 4.69) is 4.98 Å². The first-order valence-corrected chi connectivity index (χ1v) is 4.49. The summed E-state index contributed by atoms with van der Waals surface area (Å²) in [5.74, 6) is -0.865. The number of nitrogens with zero attached hydrogens (tertiary/aromatic N) is 1. The molecule has 1 aromatic carbocycles. The summed E-state index contributed by atoms with van der Waals surface area (Å²) in [4.78, 5) is 4.43. The van der Waals surface area contributed by atoms with Gasteiger partial charge in [0.2, 0.25) is 0 Å². The van der Waals surface area contributed by atoms with Crippen molar-refractivity contribution in [3.63, 3.8) is 0 Å². The lowest BCUT2D eigenvalue weighted by molar-refractivity contribution is 0.603. The highest BCUT2D eigenvalue weighted by atomic mass is 32.1. The number of hydrogen-bond donors (Lipinski definition) is 0. The van der Waals surface area contributed by atoms with Crippen LogP contribution < -0.4 is 0 Å². The van der Waals surface area contributed by atoms with Crippen LogP contribution in [0.2, 0.25) is 0 Å². The maximum Gasteiger partial charge on any atom is 0.132 e. The zero-order valence-electron chi connectivity index (χ0n) is 6.50. The van der Waals surface area contributed by atoms with Gasteiger partial charge < -0.3 is 0 Å². The van der Waals surface area contributed by atoms with Crippen molar-refractivity contribution in [1.29, 1.82) is 0 Å². The quantitative estimate of drug-likeness (QED) is 0.684. The van der Waals surface area contributed by atoms with E-state index in [4.69, 9.17) is 0 Å². The van der Waals surface area contributed by atoms with Crippen LogP contribution in [-0.2, 0) is 0 Å². The van der Waals surface area contributed by atoms with E-state index in [9.17, 15) is 8.78 Å². The van der Waals surface area contributed by atoms with Crippen LogP contribution in [0.5, 0.6) is 0 Å². The van der Waals surface area contributed by atoms with E-state index >= 15 is 0 Å². The number of benzene rings is 1. The second kappa shape index (κ2) is 3.22. The Hall–Kier alpha value is -1.29. The first-order chi connectivity index (χ1) is 6.27. The molecule has 0 spiro atoms. The van der Waals surface area contributed by atoms with Crippen molar-refractivity contribution in [2.24, 2.45) is 0 Å². The van der Waals surface area contributed by atoms with Gasteiger partial charge in [-0.15, -0.1) is 11.3 Å². The summed E-state index contributed by atoms with van der Waals surface area (Å²) in [6, 6.07) is 3.38. The zero-order chi connectivity index (χ0) is 9.26. The van der Waals surface area contributed by atoms with Crippen molar-refractivity contribution < 1.29 is 8.78 Å². The van der Waals surface area contributed by atoms with Crippen molar-refractivity contribution in [2.75, 3.05) is 0 Å². The fourth-order valence-electron chi connectivity index (χ4n) is 1.04. The largest absolute Gasteiger partial charge is 0.252 e. The third-order valence-electron chi connectivity index (χ3n) is 1.63. The fourth-order valence-corrected chi connectivity index (χ4v) is 1.68. The number of halogens is 2. The predicted molar refractivity (Wildman–Crippen MR) is 47.5 cm³/mol. The third-order valence-corrected chi connectivity index (χ3v) is 2.43. The monoisotopic (exact) mass is 197 g/mol. The van der Waals surface area contributed by atoms with E-state index in [1.165, 1.54) is 23.6 Å². The number of aromatic nitrogens is 1. The molecule has 13 heavy (non-hydrogen) atoms. The molecular weight excluding hydrogens is 192 g/mol. The van der Waals surface area contributed by atoms with Gasteiger partial charge in [-0.1, -0.05) is 0 Å². The van der Waals surface area contributed by atoms with Crippen molar-refractivity contribution in [1.82, 2.24) is 4.98 Å². The third kappa shape index (κ3) is 1.58. The highest BCUT2D eigenvalue weighted by molar-refractivity contribution is 7.13. The summed E-state index contributed by atoms with van der Waals surface area (Å²) in [7, 11) is 0. The van der Waals surface area contributed by atoms with E-state index in [1.54, 1.807) is 5.51 Å².